The molecule has 0 unspecified atom stereocenters. The Kier molecular flexibility index (Phi) is 6.14. The summed E-state index contributed by atoms with van der Waals surface area (Å²) in [5.74, 6) is 1.23. The van der Waals surface area contributed by atoms with Gasteiger partial charge in [-0.2, -0.15) is 0 Å². The van der Waals surface area contributed by atoms with E-state index in [-0.39, 0.29) is 17.2 Å². The largest absolute Gasteiger partial charge is 0.508 e. The Morgan fingerprint density at radius 2 is 1.38 bits per heavy atom. The van der Waals surface area contributed by atoms with E-state index in [9.17, 15) is 5.11 Å². The monoisotopic (exact) mass is 288 g/mol. The molecule has 0 fully saturated rings. The molecule has 0 bridgehead atoms. The van der Waals surface area contributed by atoms with Crippen LogP contribution in [-0.2, 0) is 0 Å². The molecule has 3 N–H and O–H groups in total. The summed E-state index contributed by atoms with van der Waals surface area (Å²) in [6.07, 6.45) is 1.67. The Labute approximate surface area is 124 Å². The summed E-state index contributed by atoms with van der Waals surface area (Å²) in [5, 5.41) is 27.2. The van der Waals surface area contributed by atoms with Crippen LogP contribution in [0.3, 0.4) is 0 Å². The molecule has 2 aromatic carbocycles. The molecule has 0 aliphatic heterocycles. The zero-order valence-electron chi connectivity index (χ0n) is 12.2. The molecule has 0 atom stereocenters. The number of ether oxygens (including phenoxy) is 1. The second kappa shape index (κ2) is 7.85. The van der Waals surface area contributed by atoms with Crippen LogP contribution in [0.25, 0.3) is 0 Å². The fraction of sp³-hybridized carbons (Fsp3) is 0.176. The first-order valence-electron chi connectivity index (χ1n) is 6.47. The van der Waals surface area contributed by atoms with Crippen LogP contribution in [-0.4, -0.2) is 21.9 Å². The van der Waals surface area contributed by atoms with Crippen molar-refractivity contribution in [2.24, 2.45) is 0 Å². The fourth-order valence-corrected chi connectivity index (χ4v) is 1.52. The number of hydrogen-bond donors (Lipinski definition) is 3. The first-order valence-corrected chi connectivity index (χ1v) is 6.47. The highest BCUT2D eigenvalue weighted by molar-refractivity contribution is 5.42. The van der Waals surface area contributed by atoms with E-state index in [0.29, 0.717) is 17.9 Å². The van der Waals surface area contributed by atoms with Crippen LogP contribution >= 0.6 is 0 Å². The summed E-state index contributed by atoms with van der Waals surface area (Å²) in [5.41, 5.74) is 1.29. The lowest BCUT2D eigenvalue weighted by molar-refractivity contribution is 0.356. The van der Waals surface area contributed by atoms with Crippen LogP contribution in [0.4, 0.5) is 0 Å². The first kappa shape index (κ1) is 16.4. The third-order valence-corrected chi connectivity index (χ3v) is 2.89. The lowest BCUT2D eigenvalue weighted by Gasteiger charge is -2.07. The van der Waals surface area contributed by atoms with Gasteiger partial charge < -0.3 is 20.1 Å². The SMILES string of the molecule is C=CCOc1cccc(O)c1C.Cc1c(O)cccc1O. The molecule has 0 aromatic heterocycles. The third-order valence-electron chi connectivity index (χ3n) is 2.89. The summed E-state index contributed by atoms with van der Waals surface area (Å²) >= 11 is 0. The Bertz CT molecular complexity index is 585. The Morgan fingerprint density at radius 3 is 1.86 bits per heavy atom. The van der Waals surface area contributed by atoms with Crippen molar-refractivity contribution in [3.63, 3.8) is 0 Å². The van der Waals surface area contributed by atoms with Gasteiger partial charge in [0.1, 0.15) is 29.6 Å². The van der Waals surface area contributed by atoms with Gasteiger partial charge in [-0.3, -0.25) is 0 Å². The predicted octanol–water partition coefficient (Wildman–Crippen LogP) is 3.67. The minimum absolute atomic E-state index is 0.134. The number of phenols is 3. The Morgan fingerprint density at radius 1 is 0.905 bits per heavy atom. The molecule has 112 valence electrons. The van der Waals surface area contributed by atoms with Crippen LogP contribution in [0, 0.1) is 13.8 Å². The van der Waals surface area contributed by atoms with Crippen molar-refractivity contribution in [3.8, 4) is 23.0 Å². The fourth-order valence-electron chi connectivity index (χ4n) is 1.52. The molecule has 0 aliphatic rings. The maximum atomic E-state index is 9.29. The predicted molar refractivity (Wildman–Crippen MR) is 83.0 cm³/mol. The highest BCUT2D eigenvalue weighted by Gasteiger charge is 2.01. The molecule has 0 spiro atoms. The van der Waals surface area contributed by atoms with Gasteiger partial charge in [-0.1, -0.05) is 24.8 Å². The number of benzene rings is 2. The van der Waals surface area contributed by atoms with Crippen LogP contribution in [0.5, 0.6) is 23.0 Å². The van der Waals surface area contributed by atoms with Crippen LogP contribution in [0.1, 0.15) is 11.1 Å². The van der Waals surface area contributed by atoms with E-state index in [2.05, 4.69) is 6.58 Å². The second-order valence-electron chi connectivity index (χ2n) is 4.42. The summed E-state index contributed by atoms with van der Waals surface area (Å²) in [6.45, 7) is 7.47. The zero-order valence-corrected chi connectivity index (χ0v) is 12.2. The van der Waals surface area contributed by atoms with Gasteiger partial charge in [0.2, 0.25) is 0 Å². The summed E-state index contributed by atoms with van der Waals surface area (Å²) in [4.78, 5) is 0. The molecule has 0 heterocycles. The first-order chi connectivity index (χ1) is 9.97. The lowest BCUT2D eigenvalue weighted by Crippen LogP contribution is -1.94. The molecule has 2 aromatic rings. The highest BCUT2D eigenvalue weighted by atomic mass is 16.5. The molecule has 0 radical (unpaired) electrons. The quantitative estimate of drug-likeness (QED) is 0.754. The average molecular weight is 288 g/mol. The van der Waals surface area contributed by atoms with Crippen molar-refractivity contribution in [2.75, 3.05) is 6.61 Å². The molecule has 4 heteroatoms. The van der Waals surface area contributed by atoms with Gasteiger partial charge >= 0.3 is 0 Å². The van der Waals surface area contributed by atoms with E-state index < -0.39 is 0 Å². The number of aromatic hydroxyl groups is 3. The molecule has 0 saturated carbocycles. The minimum Gasteiger partial charge on any atom is -0.508 e. The molecule has 0 saturated heterocycles. The molecular formula is C17H20O4. The standard InChI is InChI=1S/C10H12O2.C7H8O2/c1-3-7-12-10-6-4-5-9(11)8(10)2;1-5-6(8)3-2-4-7(5)9/h3-6,11H,1,7H2,2H3;2-4,8-9H,1H3. The van der Waals surface area contributed by atoms with Gasteiger partial charge in [0.15, 0.2) is 0 Å². The number of hydrogen-bond acceptors (Lipinski definition) is 4. The second-order valence-corrected chi connectivity index (χ2v) is 4.42. The molecule has 2 rings (SSSR count). The molecule has 4 nitrogen and oxygen atoms in total. The van der Waals surface area contributed by atoms with Gasteiger partial charge in [0, 0.05) is 11.1 Å². The maximum Gasteiger partial charge on any atom is 0.126 e. The van der Waals surface area contributed by atoms with Gasteiger partial charge in [0.25, 0.3) is 0 Å². The lowest BCUT2D eigenvalue weighted by atomic mass is 10.2. The maximum absolute atomic E-state index is 9.29. The molecule has 0 aliphatic carbocycles. The van der Waals surface area contributed by atoms with Crippen molar-refractivity contribution in [2.45, 2.75) is 13.8 Å². The smallest absolute Gasteiger partial charge is 0.126 e. The van der Waals surface area contributed by atoms with Gasteiger partial charge in [0.05, 0.1) is 0 Å². The van der Waals surface area contributed by atoms with Crippen LogP contribution < -0.4 is 4.74 Å². The highest BCUT2D eigenvalue weighted by Crippen LogP contribution is 2.25. The number of phenolic OH excluding ortho intramolecular Hbond substituents is 3. The van der Waals surface area contributed by atoms with E-state index in [1.54, 1.807) is 31.2 Å². The topological polar surface area (TPSA) is 69.9 Å². The zero-order chi connectivity index (χ0) is 15.8. The van der Waals surface area contributed by atoms with Crippen LogP contribution in [0.15, 0.2) is 49.1 Å². The summed E-state index contributed by atoms with van der Waals surface area (Å²) in [6, 6.07) is 9.87. The third kappa shape index (κ3) is 4.76. The molecule has 0 amide bonds. The van der Waals surface area contributed by atoms with Crippen molar-refractivity contribution in [1.82, 2.24) is 0 Å². The van der Waals surface area contributed by atoms with Crippen molar-refractivity contribution >= 4 is 0 Å². The van der Waals surface area contributed by atoms with E-state index in [1.807, 2.05) is 13.0 Å². The summed E-state index contributed by atoms with van der Waals surface area (Å²) in [7, 11) is 0. The van der Waals surface area contributed by atoms with Gasteiger partial charge in [-0.25, -0.2) is 0 Å². The van der Waals surface area contributed by atoms with E-state index in [1.165, 1.54) is 12.1 Å². The Balaban J connectivity index is 0.000000219. The molecular weight excluding hydrogens is 268 g/mol. The normalized spacial score (nSPS) is 9.43. The number of rotatable bonds is 3. The van der Waals surface area contributed by atoms with Gasteiger partial charge in [-0.15, -0.1) is 0 Å². The molecule has 21 heavy (non-hydrogen) atoms. The summed E-state index contributed by atoms with van der Waals surface area (Å²) < 4.78 is 5.29. The van der Waals surface area contributed by atoms with Gasteiger partial charge in [-0.05, 0) is 38.1 Å². The van der Waals surface area contributed by atoms with E-state index in [4.69, 9.17) is 14.9 Å². The van der Waals surface area contributed by atoms with Crippen LogP contribution in [0.2, 0.25) is 0 Å². The van der Waals surface area contributed by atoms with E-state index >= 15 is 0 Å². The average Bonchev–Trinajstić information content (AvgIpc) is 2.47. The van der Waals surface area contributed by atoms with Crippen molar-refractivity contribution in [3.05, 3.63) is 60.2 Å². The van der Waals surface area contributed by atoms with Crippen molar-refractivity contribution < 1.29 is 20.1 Å². The minimum atomic E-state index is 0.134. The Hall–Kier alpha value is -2.62. The van der Waals surface area contributed by atoms with Crippen molar-refractivity contribution in [1.29, 1.82) is 0 Å². The van der Waals surface area contributed by atoms with E-state index in [0.717, 1.165) is 5.56 Å².